The third kappa shape index (κ3) is 5.92. The number of rotatable bonds is 4. The molecule has 0 aliphatic heterocycles. The second-order valence-electron chi connectivity index (χ2n) is 1.87. The van der Waals surface area contributed by atoms with Gasteiger partial charge in [-0.2, -0.15) is 0 Å². The van der Waals surface area contributed by atoms with Crippen LogP contribution in [0.15, 0.2) is 0 Å². The highest BCUT2D eigenvalue weighted by atomic mass is 16.3. The molecule has 1 radical (unpaired) electrons. The van der Waals surface area contributed by atoms with E-state index < -0.39 is 6.10 Å². The maximum atomic E-state index is 8.59. The quantitative estimate of drug-likeness (QED) is 0.521. The average molecular weight is 117 g/mol. The molecule has 0 aromatic rings. The second kappa shape index (κ2) is 5.06. The van der Waals surface area contributed by atoms with Crippen LogP contribution in [0.3, 0.4) is 0 Å². The van der Waals surface area contributed by atoms with Crippen LogP contribution in [0.25, 0.3) is 0 Å². The van der Waals surface area contributed by atoms with Crippen LogP contribution in [0, 0.1) is 6.92 Å². The van der Waals surface area contributed by atoms with Gasteiger partial charge < -0.3 is 10.2 Å². The Labute approximate surface area is 50.2 Å². The topological polar surface area (TPSA) is 40.5 Å². The Balaban J connectivity index is 2.72. The summed E-state index contributed by atoms with van der Waals surface area (Å²) in [5.41, 5.74) is 0. The van der Waals surface area contributed by atoms with Gasteiger partial charge in [-0.1, -0.05) is 0 Å². The van der Waals surface area contributed by atoms with E-state index in [0.29, 0.717) is 6.42 Å². The summed E-state index contributed by atoms with van der Waals surface area (Å²) >= 11 is 0. The van der Waals surface area contributed by atoms with Crippen LogP contribution in [0.4, 0.5) is 0 Å². The first kappa shape index (κ1) is 7.92. The number of aliphatic hydroxyl groups is 2. The lowest BCUT2D eigenvalue weighted by Gasteiger charge is -1.99. The molecule has 0 saturated carbocycles. The molecule has 0 heterocycles. The third-order valence-electron chi connectivity index (χ3n) is 0.945. The van der Waals surface area contributed by atoms with E-state index in [-0.39, 0.29) is 6.61 Å². The molecule has 0 aliphatic carbocycles. The zero-order valence-corrected chi connectivity index (χ0v) is 5.01. The summed E-state index contributed by atoms with van der Waals surface area (Å²) < 4.78 is 0. The fourth-order valence-corrected chi connectivity index (χ4v) is 0.492. The molecule has 49 valence electrons. The normalized spacial score (nSPS) is 13.9. The van der Waals surface area contributed by atoms with E-state index >= 15 is 0 Å². The van der Waals surface area contributed by atoms with Gasteiger partial charge in [0.2, 0.25) is 0 Å². The molecule has 2 nitrogen and oxygen atoms in total. The molecule has 8 heavy (non-hydrogen) atoms. The Kier molecular flexibility index (Phi) is 5.01. The van der Waals surface area contributed by atoms with Crippen molar-refractivity contribution in [3.8, 4) is 0 Å². The molecule has 0 aromatic carbocycles. The van der Waals surface area contributed by atoms with Crippen molar-refractivity contribution in [2.45, 2.75) is 25.4 Å². The summed E-state index contributed by atoms with van der Waals surface area (Å²) in [6.07, 6.45) is 1.87. The number of hydrogen-bond donors (Lipinski definition) is 2. The molecule has 1 unspecified atom stereocenters. The minimum atomic E-state index is -0.457. The lowest BCUT2D eigenvalue weighted by Crippen LogP contribution is -1.99. The summed E-state index contributed by atoms with van der Waals surface area (Å²) in [6, 6.07) is 0. The smallest absolute Gasteiger partial charge is 0.0541 e. The van der Waals surface area contributed by atoms with Crippen molar-refractivity contribution in [1.82, 2.24) is 0 Å². The maximum absolute atomic E-state index is 8.59. The zero-order chi connectivity index (χ0) is 6.41. The zero-order valence-electron chi connectivity index (χ0n) is 5.01. The summed E-state index contributed by atoms with van der Waals surface area (Å²) in [6.45, 7) is 3.60. The number of aliphatic hydroxyl groups excluding tert-OH is 2. The van der Waals surface area contributed by atoms with Gasteiger partial charge >= 0.3 is 0 Å². The van der Waals surface area contributed by atoms with E-state index in [9.17, 15) is 0 Å². The molecular weight excluding hydrogens is 104 g/mol. The molecule has 0 rings (SSSR count). The Hall–Kier alpha value is -0.0800. The summed E-state index contributed by atoms with van der Waals surface area (Å²) in [4.78, 5) is 0. The Morgan fingerprint density at radius 3 is 2.38 bits per heavy atom. The van der Waals surface area contributed by atoms with Crippen molar-refractivity contribution < 1.29 is 10.2 Å². The van der Waals surface area contributed by atoms with Gasteiger partial charge in [-0.3, -0.25) is 0 Å². The van der Waals surface area contributed by atoms with Gasteiger partial charge in [0.05, 0.1) is 6.10 Å². The fraction of sp³-hybridized carbons (Fsp3) is 0.833. The first-order valence-corrected chi connectivity index (χ1v) is 2.89. The molecular formula is C6H13O2. The summed E-state index contributed by atoms with van der Waals surface area (Å²) in [5, 5.41) is 16.9. The van der Waals surface area contributed by atoms with Crippen LogP contribution >= 0.6 is 0 Å². The van der Waals surface area contributed by atoms with E-state index in [2.05, 4.69) is 6.92 Å². The molecule has 2 N–H and O–H groups in total. The van der Waals surface area contributed by atoms with Gasteiger partial charge in [-0.25, -0.2) is 0 Å². The molecule has 0 aliphatic rings. The van der Waals surface area contributed by atoms with Crippen LogP contribution in [-0.2, 0) is 0 Å². The van der Waals surface area contributed by atoms with E-state index in [4.69, 9.17) is 10.2 Å². The van der Waals surface area contributed by atoms with Crippen LogP contribution in [-0.4, -0.2) is 22.9 Å². The van der Waals surface area contributed by atoms with E-state index in [1.807, 2.05) is 0 Å². The SMILES string of the molecule is [CH2]C(O)CCCCO. The van der Waals surface area contributed by atoms with Crippen LogP contribution in [0.1, 0.15) is 19.3 Å². The van der Waals surface area contributed by atoms with Gasteiger partial charge in [0, 0.05) is 6.61 Å². The van der Waals surface area contributed by atoms with E-state index in [0.717, 1.165) is 12.8 Å². The van der Waals surface area contributed by atoms with Crippen LogP contribution < -0.4 is 0 Å². The highest BCUT2D eigenvalue weighted by Gasteiger charge is 1.92. The number of unbranched alkanes of at least 4 members (excludes halogenated alkanes) is 1. The fourth-order valence-electron chi connectivity index (χ4n) is 0.492. The van der Waals surface area contributed by atoms with Crippen LogP contribution in [0.5, 0.6) is 0 Å². The van der Waals surface area contributed by atoms with Crippen molar-refractivity contribution in [3.63, 3.8) is 0 Å². The molecule has 0 bridgehead atoms. The van der Waals surface area contributed by atoms with Crippen LogP contribution in [0.2, 0.25) is 0 Å². The van der Waals surface area contributed by atoms with Crippen molar-refractivity contribution in [2.75, 3.05) is 6.61 Å². The predicted molar refractivity (Wildman–Crippen MR) is 32.3 cm³/mol. The molecule has 0 saturated heterocycles. The lowest BCUT2D eigenvalue weighted by molar-refractivity contribution is 0.199. The molecule has 2 heteroatoms. The predicted octanol–water partition coefficient (Wildman–Crippen LogP) is 0.344. The van der Waals surface area contributed by atoms with Gasteiger partial charge in [-0.15, -0.1) is 0 Å². The molecule has 0 aromatic heterocycles. The van der Waals surface area contributed by atoms with Gasteiger partial charge in [0.25, 0.3) is 0 Å². The highest BCUT2D eigenvalue weighted by molar-refractivity contribution is 4.55. The minimum absolute atomic E-state index is 0.215. The summed E-state index contributed by atoms with van der Waals surface area (Å²) in [5.74, 6) is 0. The summed E-state index contributed by atoms with van der Waals surface area (Å²) in [7, 11) is 0. The second-order valence-corrected chi connectivity index (χ2v) is 1.87. The average Bonchev–Trinajstić information content (AvgIpc) is 1.66. The van der Waals surface area contributed by atoms with Crippen molar-refractivity contribution in [2.24, 2.45) is 0 Å². The van der Waals surface area contributed by atoms with E-state index in [1.54, 1.807) is 0 Å². The molecule has 0 fully saturated rings. The standard InChI is InChI=1S/C6H13O2/c1-6(8)4-2-3-5-7/h6-8H,1-5H2. The highest BCUT2D eigenvalue weighted by Crippen LogP contribution is 1.97. The van der Waals surface area contributed by atoms with Crippen molar-refractivity contribution in [1.29, 1.82) is 0 Å². The minimum Gasteiger partial charge on any atom is -0.396 e. The maximum Gasteiger partial charge on any atom is 0.0541 e. The number of hydrogen-bond acceptors (Lipinski definition) is 2. The van der Waals surface area contributed by atoms with Crippen molar-refractivity contribution >= 4 is 0 Å². The molecule has 0 spiro atoms. The van der Waals surface area contributed by atoms with Gasteiger partial charge in [0.1, 0.15) is 0 Å². The van der Waals surface area contributed by atoms with E-state index in [1.165, 1.54) is 0 Å². The first-order chi connectivity index (χ1) is 3.77. The lowest BCUT2D eigenvalue weighted by atomic mass is 10.2. The third-order valence-corrected chi connectivity index (χ3v) is 0.945. The monoisotopic (exact) mass is 117 g/mol. The molecule has 0 amide bonds. The first-order valence-electron chi connectivity index (χ1n) is 2.89. The Morgan fingerprint density at radius 2 is 2.00 bits per heavy atom. The van der Waals surface area contributed by atoms with Gasteiger partial charge in [0.15, 0.2) is 0 Å². The van der Waals surface area contributed by atoms with Crippen molar-refractivity contribution in [3.05, 3.63) is 6.92 Å². The van der Waals surface area contributed by atoms with Gasteiger partial charge in [-0.05, 0) is 26.2 Å². The molecule has 1 atom stereocenters. The Bertz CT molecular complexity index is 43.8. The largest absolute Gasteiger partial charge is 0.396 e. The Morgan fingerprint density at radius 1 is 1.38 bits per heavy atom.